The third kappa shape index (κ3) is 1.15. The molecule has 0 aliphatic carbocycles. The summed E-state index contributed by atoms with van der Waals surface area (Å²) in [4.78, 5) is 12.1. The molecule has 0 radical (unpaired) electrons. The molecule has 0 aromatic heterocycles. The highest BCUT2D eigenvalue weighted by Crippen LogP contribution is 2.42. The van der Waals surface area contributed by atoms with Gasteiger partial charge in [0.2, 0.25) is 5.91 Å². The second kappa shape index (κ2) is 3.32. The van der Waals surface area contributed by atoms with Gasteiger partial charge in [0.25, 0.3) is 0 Å². The predicted molar refractivity (Wildman–Crippen MR) is 63.6 cm³/mol. The van der Waals surface area contributed by atoms with E-state index in [-0.39, 0.29) is 11.3 Å². The van der Waals surface area contributed by atoms with E-state index in [0.29, 0.717) is 0 Å². The number of anilines is 1. The van der Waals surface area contributed by atoms with Gasteiger partial charge in [-0.25, -0.2) is 0 Å². The standard InChI is InChI=1S/C13H16N2O/c1-2-9-3-4-11-10(7-9)13(12(16)15-11)5-6-14-8-13/h3-4,7,14H,2,5-6,8H2,1H3,(H,15,16). The third-order valence-electron chi connectivity index (χ3n) is 3.85. The number of carbonyl (C=O) groups is 1. The predicted octanol–water partition coefficient (Wildman–Crippen LogP) is 1.43. The Balaban J connectivity index is 2.14. The fourth-order valence-electron chi connectivity index (χ4n) is 2.80. The van der Waals surface area contributed by atoms with E-state index in [1.54, 1.807) is 0 Å². The molecule has 1 atom stereocenters. The Bertz CT molecular complexity index is 447. The Hall–Kier alpha value is -1.35. The number of aryl methyl sites for hydroxylation is 1. The normalized spacial score (nSPS) is 27.2. The zero-order valence-corrected chi connectivity index (χ0v) is 9.47. The highest BCUT2D eigenvalue weighted by molar-refractivity contribution is 6.06. The molecule has 2 N–H and O–H groups in total. The number of carbonyl (C=O) groups excluding carboxylic acids is 1. The molecule has 1 fully saturated rings. The van der Waals surface area contributed by atoms with Crippen LogP contribution in [0.3, 0.4) is 0 Å². The van der Waals surface area contributed by atoms with Crippen LogP contribution >= 0.6 is 0 Å². The minimum Gasteiger partial charge on any atom is -0.325 e. The van der Waals surface area contributed by atoms with Crippen molar-refractivity contribution in [3.05, 3.63) is 29.3 Å². The molecular weight excluding hydrogens is 200 g/mol. The maximum Gasteiger partial charge on any atom is 0.236 e. The van der Waals surface area contributed by atoms with E-state index in [9.17, 15) is 4.79 Å². The average molecular weight is 216 g/mol. The van der Waals surface area contributed by atoms with Crippen LogP contribution in [0.1, 0.15) is 24.5 Å². The van der Waals surface area contributed by atoms with Gasteiger partial charge in [-0.15, -0.1) is 0 Å². The van der Waals surface area contributed by atoms with Crippen molar-refractivity contribution in [2.75, 3.05) is 18.4 Å². The summed E-state index contributed by atoms with van der Waals surface area (Å²) in [7, 11) is 0. The summed E-state index contributed by atoms with van der Waals surface area (Å²) < 4.78 is 0. The second-order valence-corrected chi connectivity index (χ2v) is 4.70. The molecule has 1 aromatic carbocycles. The molecule has 1 amide bonds. The van der Waals surface area contributed by atoms with Crippen LogP contribution in [-0.4, -0.2) is 19.0 Å². The lowest BCUT2D eigenvalue weighted by atomic mass is 9.80. The molecule has 0 saturated carbocycles. The number of amides is 1. The van der Waals surface area contributed by atoms with Crippen molar-refractivity contribution in [2.45, 2.75) is 25.2 Å². The van der Waals surface area contributed by atoms with Crippen LogP contribution in [0.2, 0.25) is 0 Å². The van der Waals surface area contributed by atoms with Gasteiger partial charge in [0, 0.05) is 12.2 Å². The Morgan fingerprint density at radius 3 is 3.00 bits per heavy atom. The fraction of sp³-hybridized carbons (Fsp3) is 0.462. The molecule has 1 spiro atoms. The highest BCUT2D eigenvalue weighted by Gasteiger charge is 2.48. The Morgan fingerprint density at radius 1 is 1.44 bits per heavy atom. The molecule has 1 saturated heterocycles. The summed E-state index contributed by atoms with van der Waals surface area (Å²) in [6.07, 6.45) is 1.93. The van der Waals surface area contributed by atoms with E-state index in [4.69, 9.17) is 0 Å². The van der Waals surface area contributed by atoms with Gasteiger partial charge in [-0.05, 0) is 36.6 Å². The largest absolute Gasteiger partial charge is 0.325 e. The lowest BCUT2D eigenvalue weighted by Crippen LogP contribution is -2.36. The molecule has 2 heterocycles. The summed E-state index contributed by atoms with van der Waals surface area (Å²) in [5.41, 5.74) is 3.22. The molecule has 3 heteroatoms. The van der Waals surface area contributed by atoms with Gasteiger partial charge >= 0.3 is 0 Å². The highest BCUT2D eigenvalue weighted by atomic mass is 16.2. The Kier molecular flexibility index (Phi) is 2.04. The molecule has 3 rings (SSSR count). The first-order chi connectivity index (χ1) is 7.76. The molecule has 84 valence electrons. The molecule has 3 nitrogen and oxygen atoms in total. The van der Waals surface area contributed by atoms with E-state index < -0.39 is 0 Å². The van der Waals surface area contributed by atoms with E-state index >= 15 is 0 Å². The fourth-order valence-corrected chi connectivity index (χ4v) is 2.80. The molecule has 1 unspecified atom stereocenters. The average Bonchev–Trinajstić information content (AvgIpc) is 2.88. The quantitative estimate of drug-likeness (QED) is 0.745. The van der Waals surface area contributed by atoms with Crippen LogP contribution in [0.15, 0.2) is 18.2 Å². The first kappa shape index (κ1) is 9.85. The minimum atomic E-state index is -0.291. The number of hydrogen-bond acceptors (Lipinski definition) is 2. The molecule has 0 bridgehead atoms. The van der Waals surface area contributed by atoms with Crippen molar-refractivity contribution < 1.29 is 4.79 Å². The number of hydrogen-bond donors (Lipinski definition) is 2. The van der Waals surface area contributed by atoms with E-state index in [1.807, 2.05) is 6.07 Å². The Morgan fingerprint density at radius 2 is 2.31 bits per heavy atom. The third-order valence-corrected chi connectivity index (χ3v) is 3.85. The Labute approximate surface area is 95.2 Å². The monoisotopic (exact) mass is 216 g/mol. The number of nitrogens with one attached hydrogen (secondary N) is 2. The van der Waals surface area contributed by atoms with Crippen molar-refractivity contribution in [1.82, 2.24) is 5.32 Å². The summed E-state index contributed by atoms with van der Waals surface area (Å²) >= 11 is 0. The maximum atomic E-state index is 12.1. The summed E-state index contributed by atoms with van der Waals surface area (Å²) in [6, 6.07) is 6.33. The van der Waals surface area contributed by atoms with Crippen LogP contribution in [0.5, 0.6) is 0 Å². The van der Waals surface area contributed by atoms with Crippen molar-refractivity contribution in [1.29, 1.82) is 0 Å². The van der Waals surface area contributed by atoms with Crippen molar-refractivity contribution in [3.8, 4) is 0 Å². The van der Waals surface area contributed by atoms with Gasteiger partial charge in [0.1, 0.15) is 0 Å². The van der Waals surface area contributed by atoms with E-state index in [2.05, 4.69) is 29.7 Å². The summed E-state index contributed by atoms with van der Waals surface area (Å²) in [5.74, 6) is 0.167. The molecule has 16 heavy (non-hydrogen) atoms. The first-order valence-electron chi connectivity index (χ1n) is 5.92. The second-order valence-electron chi connectivity index (χ2n) is 4.70. The minimum absolute atomic E-state index is 0.167. The van der Waals surface area contributed by atoms with E-state index in [0.717, 1.165) is 31.6 Å². The molecular formula is C13H16N2O. The topological polar surface area (TPSA) is 41.1 Å². The molecule has 2 aliphatic heterocycles. The molecule has 1 aromatic rings. The van der Waals surface area contributed by atoms with Gasteiger partial charge in [-0.2, -0.15) is 0 Å². The van der Waals surface area contributed by atoms with Crippen LogP contribution < -0.4 is 10.6 Å². The van der Waals surface area contributed by atoms with Gasteiger partial charge in [-0.1, -0.05) is 19.1 Å². The van der Waals surface area contributed by atoms with Crippen molar-refractivity contribution in [3.63, 3.8) is 0 Å². The van der Waals surface area contributed by atoms with Crippen LogP contribution in [-0.2, 0) is 16.6 Å². The smallest absolute Gasteiger partial charge is 0.236 e. The zero-order valence-electron chi connectivity index (χ0n) is 9.47. The number of fused-ring (bicyclic) bond motifs is 2. The van der Waals surface area contributed by atoms with Gasteiger partial charge in [0.05, 0.1) is 5.41 Å². The maximum absolute atomic E-state index is 12.1. The lowest BCUT2D eigenvalue weighted by molar-refractivity contribution is -0.120. The van der Waals surface area contributed by atoms with E-state index in [1.165, 1.54) is 11.1 Å². The van der Waals surface area contributed by atoms with Crippen LogP contribution in [0.25, 0.3) is 0 Å². The van der Waals surface area contributed by atoms with Gasteiger partial charge in [0.15, 0.2) is 0 Å². The van der Waals surface area contributed by atoms with Crippen LogP contribution in [0.4, 0.5) is 5.69 Å². The first-order valence-corrected chi connectivity index (χ1v) is 5.92. The molecule has 2 aliphatic rings. The lowest BCUT2D eigenvalue weighted by Gasteiger charge is -2.20. The SMILES string of the molecule is CCc1ccc2c(c1)C1(CCNC1)C(=O)N2. The number of benzene rings is 1. The summed E-state index contributed by atoms with van der Waals surface area (Å²) in [5, 5.41) is 6.31. The summed E-state index contributed by atoms with van der Waals surface area (Å²) in [6.45, 7) is 3.85. The van der Waals surface area contributed by atoms with Gasteiger partial charge in [-0.3, -0.25) is 4.79 Å². The number of rotatable bonds is 1. The van der Waals surface area contributed by atoms with Crippen LogP contribution in [0, 0.1) is 0 Å². The zero-order chi connectivity index (χ0) is 11.2. The van der Waals surface area contributed by atoms with Crippen molar-refractivity contribution in [2.24, 2.45) is 0 Å². The van der Waals surface area contributed by atoms with Crippen molar-refractivity contribution >= 4 is 11.6 Å². The van der Waals surface area contributed by atoms with Gasteiger partial charge < -0.3 is 10.6 Å².